The van der Waals surface area contributed by atoms with Crippen molar-refractivity contribution >= 4 is 17.0 Å². The number of hydrogen-bond donors (Lipinski definition) is 1. The maximum atomic E-state index is 8.24. The molecular weight excluding hydrogens is 172 g/mol. The molecule has 0 fully saturated rings. The molecule has 2 N–H and O–H groups in total. The highest BCUT2D eigenvalue weighted by Gasteiger charge is 2.10. The summed E-state index contributed by atoms with van der Waals surface area (Å²) in [7, 11) is 0. The Morgan fingerprint density at radius 3 is 3.00 bits per heavy atom. The lowest BCUT2D eigenvalue weighted by atomic mass is 10.5. The molecule has 0 aromatic carbocycles. The van der Waals surface area contributed by atoms with Crippen molar-refractivity contribution in [2.75, 3.05) is 5.73 Å². The molecule has 0 atom stereocenters. The van der Waals surface area contributed by atoms with E-state index < -0.39 is 0 Å². The predicted octanol–water partition coefficient (Wildman–Crippen LogP) is 0.482. The van der Waals surface area contributed by atoms with Crippen LogP contribution < -0.4 is 5.73 Å². The number of nitrogens with two attached hydrogens (primary N) is 1. The van der Waals surface area contributed by atoms with Crippen LogP contribution in [0.5, 0.6) is 0 Å². The molecule has 13 heavy (non-hydrogen) atoms. The molecule has 0 amide bonds. The van der Waals surface area contributed by atoms with E-state index >= 15 is 0 Å². The third-order valence-corrected chi connectivity index (χ3v) is 1.50. The molecule has 8 nitrogen and oxygen atoms in total. The number of rotatable bonds is 1. The minimum atomic E-state index is 0.114. The Bertz CT molecular complexity index is 492. The molecule has 0 radical (unpaired) electrons. The Morgan fingerprint density at radius 2 is 2.23 bits per heavy atom. The summed E-state index contributed by atoms with van der Waals surface area (Å²) in [4.78, 5) is 6.51. The molecule has 64 valence electrons. The Hall–Kier alpha value is -2.34. The average Bonchev–Trinajstić information content (AvgIpc) is 2.44. The summed E-state index contributed by atoms with van der Waals surface area (Å²) in [6, 6.07) is 0. The normalized spacial score (nSPS) is 9.85. The molecule has 8 heteroatoms. The van der Waals surface area contributed by atoms with Gasteiger partial charge in [-0.2, -0.15) is 20.1 Å². The van der Waals surface area contributed by atoms with E-state index in [0.717, 1.165) is 4.68 Å². The Labute approximate surface area is 71.6 Å². The zero-order valence-electron chi connectivity index (χ0n) is 6.36. The molecule has 0 saturated heterocycles. The molecule has 0 aliphatic rings. The highest BCUT2D eigenvalue weighted by atomic mass is 15.5. The molecule has 0 spiro atoms. The first-order valence-corrected chi connectivity index (χ1v) is 3.33. The van der Waals surface area contributed by atoms with Crippen molar-refractivity contribution in [3.05, 3.63) is 22.8 Å². The quantitative estimate of drug-likeness (QED) is 0.386. The molecule has 2 heterocycles. The lowest BCUT2D eigenvalue weighted by Crippen LogP contribution is -1.95. The molecule has 2 rings (SSSR count). The van der Waals surface area contributed by atoms with E-state index in [1.54, 1.807) is 0 Å². The van der Waals surface area contributed by atoms with E-state index in [1.165, 1.54) is 12.4 Å². The van der Waals surface area contributed by atoms with Crippen molar-refractivity contribution in [3.63, 3.8) is 0 Å². The van der Waals surface area contributed by atoms with Gasteiger partial charge in [-0.1, -0.05) is 0 Å². The highest BCUT2D eigenvalue weighted by molar-refractivity contribution is 5.75. The first kappa shape index (κ1) is 7.32. The van der Waals surface area contributed by atoms with Crippen LogP contribution in [0.25, 0.3) is 21.5 Å². The van der Waals surface area contributed by atoms with Gasteiger partial charge in [0.25, 0.3) is 0 Å². The molecule has 0 unspecified atom stereocenters. The van der Waals surface area contributed by atoms with Gasteiger partial charge in [0.05, 0.1) is 12.4 Å². The van der Waals surface area contributed by atoms with Crippen LogP contribution in [0.2, 0.25) is 0 Å². The number of nitrogens with zero attached hydrogens (tertiary/aromatic N) is 7. The van der Waals surface area contributed by atoms with Gasteiger partial charge in [-0.15, -0.1) is 10.2 Å². The standard InChI is InChI=1S/C5H4N8/c6-5-10-3-1-8-9-2-4(3)13(5)12-11-7/h1-2H,(H2,6,10). The van der Waals surface area contributed by atoms with Crippen LogP contribution in [0.15, 0.2) is 17.6 Å². The molecular formula is C5H4N8. The number of anilines is 1. The number of imidazole rings is 1. The number of aromatic nitrogens is 4. The van der Waals surface area contributed by atoms with Crippen LogP contribution in [-0.2, 0) is 0 Å². The smallest absolute Gasteiger partial charge is 0.301 e. The van der Waals surface area contributed by atoms with Crippen LogP contribution in [0.4, 0.5) is 5.95 Å². The van der Waals surface area contributed by atoms with Gasteiger partial charge < -0.3 is 5.73 Å². The van der Waals surface area contributed by atoms with Crippen molar-refractivity contribution in [3.8, 4) is 0 Å². The summed E-state index contributed by atoms with van der Waals surface area (Å²) in [5.41, 5.74) is 14.8. The van der Waals surface area contributed by atoms with Gasteiger partial charge in [0, 0.05) is 0 Å². The summed E-state index contributed by atoms with van der Waals surface area (Å²) >= 11 is 0. The van der Waals surface area contributed by atoms with E-state index in [4.69, 9.17) is 11.3 Å². The van der Waals surface area contributed by atoms with E-state index in [1.807, 2.05) is 0 Å². The lowest BCUT2D eigenvalue weighted by molar-refractivity contribution is 0.900. The van der Waals surface area contributed by atoms with Gasteiger partial charge >= 0.3 is 5.95 Å². The van der Waals surface area contributed by atoms with E-state index in [2.05, 4.69) is 25.3 Å². The maximum absolute atomic E-state index is 8.24. The largest absolute Gasteiger partial charge is 0.349 e. The minimum absolute atomic E-state index is 0.114. The van der Waals surface area contributed by atoms with Crippen LogP contribution in [0, 0.1) is 0 Å². The maximum Gasteiger partial charge on any atom is 0.301 e. The number of hydrogen-bond acceptors (Lipinski definition) is 5. The first-order valence-electron chi connectivity index (χ1n) is 3.33. The third kappa shape index (κ3) is 1.01. The van der Waals surface area contributed by atoms with Gasteiger partial charge in [0.15, 0.2) is 5.52 Å². The second-order valence-electron chi connectivity index (χ2n) is 2.22. The zero-order valence-corrected chi connectivity index (χ0v) is 6.36. The summed E-state index contributed by atoms with van der Waals surface area (Å²) in [6.45, 7) is 0. The second kappa shape index (κ2) is 2.61. The van der Waals surface area contributed by atoms with Crippen molar-refractivity contribution in [1.29, 1.82) is 0 Å². The lowest BCUT2D eigenvalue weighted by Gasteiger charge is -1.87. The van der Waals surface area contributed by atoms with Gasteiger partial charge in [-0.05, 0) is 5.22 Å². The fourth-order valence-electron chi connectivity index (χ4n) is 0.986. The van der Waals surface area contributed by atoms with Crippen LogP contribution in [0.1, 0.15) is 0 Å². The fraction of sp³-hybridized carbons (Fsp3) is 0. The molecule has 0 aliphatic carbocycles. The topological polar surface area (TPSA) is 118 Å². The SMILES string of the molecule is [N-]=[N+]=Nn1c(N)nc2cnncc21. The number of nitrogen functional groups attached to an aromatic ring is 1. The fourth-order valence-corrected chi connectivity index (χ4v) is 0.986. The number of fused-ring (bicyclic) bond motifs is 1. The van der Waals surface area contributed by atoms with Crippen molar-refractivity contribution in [1.82, 2.24) is 19.9 Å². The summed E-state index contributed by atoms with van der Waals surface area (Å²) < 4.78 is 1.16. The monoisotopic (exact) mass is 176 g/mol. The zero-order chi connectivity index (χ0) is 9.26. The van der Waals surface area contributed by atoms with Crippen LogP contribution in [-0.4, -0.2) is 19.9 Å². The summed E-state index contributed by atoms with van der Waals surface area (Å²) in [5.74, 6) is 0.114. The second-order valence-corrected chi connectivity index (χ2v) is 2.22. The average molecular weight is 176 g/mol. The van der Waals surface area contributed by atoms with E-state index in [-0.39, 0.29) is 5.95 Å². The minimum Gasteiger partial charge on any atom is -0.349 e. The van der Waals surface area contributed by atoms with Gasteiger partial charge in [-0.3, -0.25) is 0 Å². The predicted molar refractivity (Wildman–Crippen MR) is 44.3 cm³/mol. The molecule has 0 aliphatic heterocycles. The Morgan fingerprint density at radius 1 is 1.46 bits per heavy atom. The Balaban J connectivity index is 2.85. The van der Waals surface area contributed by atoms with Crippen LogP contribution in [0.3, 0.4) is 0 Å². The highest BCUT2D eigenvalue weighted by Crippen LogP contribution is 2.14. The van der Waals surface area contributed by atoms with Gasteiger partial charge in [0.1, 0.15) is 5.52 Å². The van der Waals surface area contributed by atoms with Crippen molar-refractivity contribution < 1.29 is 0 Å². The van der Waals surface area contributed by atoms with Crippen LogP contribution >= 0.6 is 0 Å². The van der Waals surface area contributed by atoms with Gasteiger partial charge in [-0.25, -0.2) is 0 Å². The number of azide groups is 1. The van der Waals surface area contributed by atoms with Gasteiger partial charge in [0.2, 0.25) is 0 Å². The van der Waals surface area contributed by atoms with E-state index in [0.29, 0.717) is 11.0 Å². The molecule has 0 bridgehead atoms. The van der Waals surface area contributed by atoms with Crippen molar-refractivity contribution in [2.45, 2.75) is 0 Å². The molecule has 0 saturated carbocycles. The first-order chi connectivity index (χ1) is 6.33. The molecule has 2 aromatic rings. The molecule has 2 aromatic heterocycles. The summed E-state index contributed by atoms with van der Waals surface area (Å²) in [6.07, 6.45) is 2.86. The summed E-state index contributed by atoms with van der Waals surface area (Å²) in [5, 5.41) is 10.6. The van der Waals surface area contributed by atoms with Crippen molar-refractivity contribution in [2.24, 2.45) is 5.22 Å². The third-order valence-electron chi connectivity index (χ3n) is 1.50. The van der Waals surface area contributed by atoms with E-state index in [9.17, 15) is 0 Å². The Kier molecular flexibility index (Phi) is 1.47.